The van der Waals surface area contributed by atoms with Gasteiger partial charge in [-0.3, -0.25) is 9.59 Å². The van der Waals surface area contributed by atoms with E-state index in [0.717, 1.165) is 19.3 Å². The first-order valence-corrected chi connectivity index (χ1v) is 9.74. The number of hydrogen-bond acceptors (Lipinski definition) is 6. The Morgan fingerprint density at radius 2 is 1.65 bits per heavy atom. The zero-order valence-electron chi connectivity index (χ0n) is 16.4. The van der Waals surface area contributed by atoms with E-state index in [1.54, 1.807) is 0 Å². The summed E-state index contributed by atoms with van der Waals surface area (Å²) in [5.74, 6) is -1.36. The smallest absolute Gasteiger partial charge is 0.310 e. The van der Waals surface area contributed by atoms with E-state index in [4.69, 9.17) is 18.9 Å². The molecule has 0 N–H and O–H groups in total. The molecule has 0 bridgehead atoms. The minimum atomic E-state index is -0.573. The molecule has 0 amide bonds. The van der Waals surface area contributed by atoms with Crippen LogP contribution in [0.15, 0.2) is 0 Å². The third kappa shape index (κ3) is 2.95. The van der Waals surface area contributed by atoms with Gasteiger partial charge in [0.05, 0.1) is 42.4 Å². The molecule has 0 aromatic carbocycles. The van der Waals surface area contributed by atoms with Gasteiger partial charge in [0, 0.05) is 5.92 Å². The second kappa shape index (κ2) is 5.68. The number of methoxy groups -OCH3 is 1. The molecule has 2 aliphatic carbocycles. The quantitative estimate of drug-likeness (QED) is 0.562. The Hall–Kier alpha value is -1.14. The van der Waals surface area contributed by atoms with E-state index >= 15 is 0 Å². The normalized spacial score (nSPS) is 46.6. The molecule has 0 aromatic heterocycles. The van der Waals surface area contributed by atoms with Crippen molar-refractivity contribution in [2.45, 2.75) is 88.8 Å². The zero-order chi connectivity index (χ0) is 18.9. The van der Waals surface area contributed by atoms with Gasteiger partial charge in [0.1, 0.15) is 5.60 Å². The van der Waals surface area contributed by atoms with E-state index < -0.39 is 17.4 Å². The lowest BCUT2D eigenvalue weighted by Crippen LogP contribution is -2.45. The summed E-state index contributed by atoms with van der Waals surface area (Å²) in [6.45, 7) is 8.11. The van der Waals surface area contributed by atoms with Crippen molar-refractivity contribution in [3.8, 4) is 0 Å². The number of hydrogen-bond donors (Lipinski definition) is 0. The first kappa shape index (κ1) is 18.2. The lowest BCUT2D eigenvalue weighted by atomic mass is 9.73. The molecule has 26 heavy (non-hydrogen) atoms. The molecule has 4 aliphatic rings. The predicted octanol–water partition coefficient (Wildman–Crippen LogP) is 2.62. The van der Waals surface area contributed by atoms with Gasteiger partial charge in [0.25, 0.3) is 0 Å². The van der Waals surface area contributed by atoms with Crippen molar-refractivity contribution >= 4 is 11.9 Å². The Morgan fingerprint density at radius 1 is 1.00 bits per heavy atom. The molecule has 2 aliphatic heterocycles. The number of esters is 2. The van der Waals surface area contributed by atoms with Crippen LogP contribution in [0.1, 0.15) is 59.8 Å². The maximum atomic E-state index is 13.0. The summed E-state index contributed by atoms with van der Waals surface area (Å²) in [6.07, 6.45) is 4.29. The van der Waals surface area contributed by atoms with E-state index in [-0.39, 0.29) is 41.3 Å². The molecule has 2 saturated heterocycles. The van der Waals surface area contributed by atoms with Gasteiger partial charge in [-0.25, -0.2) is 0 Å². The van der Waals surface area contributed by atoms with E-state index in [1.165, 1.54) is 7.11 Å². The minimum Gasteiger partial charge on any atom is -0.469 e. The molecule has 2 saturated carbocycles. The highest BCUT2D eigenvalue weighted by molar-refractivity contribution is 5.83. The lowest BCUT2D eigenvalue weighted by molar-refractivity contribution is -0.175. The fraction of sp³-hybridized carbons (Fsp3) is 0.900. The first-order valence-electron chi connectivity index (χ1n) is 9.74. The highest BCUT2D eigenvalue weighted by atomic mass is 16.6. The second-order valence-electron chi connectivity index (χ2n) is 9.51. The van der Waals surface area contributed by atoms with Gasteiger partial charge >= 0.3 is 11.9 Å². The van der Waals surface area contributed by atoms with Gasteiger partial charge in [-0.1, -0.05) is 0 Å². The second-order valence-corrected chi connectivity index (χ2v) is 9.51. The summed E-state index contributed by atoms with van der Waals surface area (Å²) in [7, 11) is 1.37. The van der Waals surface area contributed by atoms with Crippen LogP contribution in [-0.4, -0.2) is 48.1 Å². The summed E-state index contributed by atoms with van der Waals surface area (Å²) >= 11 is 0. The molecule has 4 fully saturated rings. The van der Waals surface area contributed by atoms with Crippen molar-refractivity contribution in [1.29, 1.82) is 0 Å². The van der Waals surface area contributed by atoms with Gasteiger partial charge in [-0.05, 0) is 59.8 Å². The average molecular weight is 366 g/mol. The number of ether oxygens (including phenoxy) is 4. The van der Waals surface area contributed by atoms with Gasteiger partial charge in [0.15, 0.2) is 0 Å². The molecule has 4 rings (SSSR count). The van der Waals surface area contributed by atoms with Crippen LogP contribution < -0.4 is 0 Å². The molecule has 2 heterocycles. The van der Waals surface area contributed by atoms with E-state index in [1.807, 2.05) is 20.8 Å². The maximum Gasteiger partial charge on any atom is 0.310 e. The molecule has 7 unspecified atom stereocenters. The van der Waals surface area contributed by atoms with Crippen LogP contribution in [0.5, 0.6) is 0 Å². The van der Waals surface area contributed by atoms with Crippen LogP contribution in [0.4, 0.5) is 0 Å². The van der Waals surface area contributed by atoms with Crippen molar-refractivity contribution in [1.82, 2.24) is 0 Å². The number of fused-ring (bicyclic) bond motifs is 2. The highest BCUT2D eigenvalue weighted by Gasteiger charge is 2.62. The monoisotopic (exact) mass is 366 g/mol. The van der Waals surface area contributed by atoms with Crippen LogP contribution in [0, 0.1) is 17.8 Å². The Bertz CT molecular complexity index is 630. The van der Waals surface area contributed by atoms with Gasteiger partial charge in [-0.2, -0.15) is 0 Å². The fourth-order valence-corrected chi connectivity index (χ4v) is 5.10. The van der Waals surface area contributed by atoms with E-state index in [9.17, 15) is 9.59 Å². The standard InChI is InChI=1S/C20H30O6/c1-18(2,11-6-7-19(3)14(8-11)24-19)26-17(22)12-9-15-20(4,25-15)10-13(12)16(21)23-5/h11-15H,6-10H2,1-5H3. The maximum absolute atomic E-state index is 13.0. The average Bonchev–Trinajstić information content (AvgIpc) is 3.43. The Labute approximate surface area is 154 Å². The molecule has 6 heteroatoms. The van der Waals surface area contributed by atoms with Crippen LogP contribution in [-0.2, 0) is 28.5 Å². The molecule has 146 valence electrons. The van der Waals surface area contributed by atoms with Crippen molar-refractivity contribution in [3.63, 3.8) is 0 Å². The van der Waals surface area contributed by atoms with Crippen molar-refractivity contribution in [2.75, 3.05) is 7.11 Å². The van der Waals surface area contributed by atoms with E-state index in [2.05, 4.69) is 6.92 Å². The number of rotatable bonds is 4. The summed E-state index contributed by atoms with van der Waals surface area (Å²) in [5.41, 5.74) is -0.817. The van der Waals surface area contributed by atoms with Crippen LogP contribution >= 0.6 is 0 Å². The Balaban J connectivity index is 1.43. The predicted molar refractivity (Wildman–Crippen MR) is 92.3 cm³/mol. The molecule has 7 atom stereocenters. The zero-order valence-corrected chi connectivity index (χ0v) is 16.4. The van der Waals surface area contributed by atoms with Crippen molar-refractivity contribution in [3.05, 3.63) is 0 Å². The van der Waals surface area contributed by atoms with Gasteiger partial charge < -0.3 is 18.9 Å². The van der Waals surface area contributed by atoms with Crippen LogP contribution in [0.3, 0.4) is 0 Å². The first-order chi connectivity index (χ1) is 12.1. The molecule has 0 aromatic rings. The number of carbonyl (C=O) groups is 2. The minimum absolute atomic E-state index is 0.0410. The lowest BCUT2D eigenvalue weighted by Gasteiger charge is -2.38. The molecular weight excluding hydrogens is 336 g/mol. The summed E-state index contributed by atoms with van der Waals surface area (Å²) in [6, 6.07) is 0. The summed E-state index contributed by atoms with van der Waals surface area (Å²) < 4.78 is 22.4. The topological polar surface area (TPSA) is 77.7 Å². The Morgan fingerprint density at radius 3 is 2.31 bits per heavy atom. The summed E-state index contributed by atoms with van der Waals surface area (Å²) in [5, 5.41) is 0. The fourth-order valence-electron chi connectivity index (χ4n) is 5.10. The Kier molecular flexibility index (Phi) is 3.98. The molecular formula is C20H30O6. The third-order valence-corrected chi connectivity index (χ3v) is 7.29. The largest absolute Gasteiger partial charge is 0.469 e. The van der Waals surface area contributed by atoms with Crippen molar-refractivity contribution in [2.24, 2.45) is 17.8 Å². The molecule has 0 radical (unpaired) electrons. The number of epoxide rings is 2. The van der Waals surface area contributed by atoms with Crippen LogP contribution in [0.2, 0.25) is 0 Å². The van der Waals surface area contributed by atoms with Gasteiger partial charge in [-0.15, -0.1) is 0 Å². The SMILES string of the molecule is COC(=O)C1CC2(C)OC2CC1C(=O)OC(C)(C)C1CCC2(C)OC2C1. The van der Waals surface area contributed by atoms with Crippen molar-refractivity contribution < 1.29 is 28.5 Å². The molecule has 0 spiro atoms. The molecule has 6 nitrogen and oxygen atoms in total. The third-order valence-electron chi connectivity index (χ3n) is 7.29. The van der Waals surface area contributed by atoms with E-state index in [0.29, 0.717) is 12.8 Å². The van der Waals surface area contributed by atoms with Gasteiger partial charge in [0.2, 0.25) is 0 Å². The van der Waals surface area contributed by atoms with Crippen LogP contribution in [0.25, 0.3) is 0 Å². The highest BCUT2D eigenvalue weighted by Crippen LogP contribution is 2.54. The number of carbonyl (C=O) groups excluding carboxylic acids is 2. The summed E-state index contributed by atoms with van der Waals surface area (Å²) in [4.78, 5) is 25.2.